The maximum Gasteiger partial charge on any atom is 0.242 e. The number of aromatic nitrogens is 1. The van der Waals surface area contributed by atoms with Gasteiger partial charge >= 0.3 is 0 Å². The van der Waals surface area contributed by atoms with Gasteiger partial charge in [0, 0.05) is 24.5 Å². The number of aromatic amines is 1. The van der Waals surface area contributed by atoms with Gasteiger partial charge in [0.1, 0.15) is 0 Å². The molecule has 116 valence electrons. The Bertz CT molecular complexity index is 482. The first-order chi connectivity index (χ1) is 9.49. The molecule has 1 aromatic heterocycles. The molecule has 0 aliphatic heterocycles. The molecule has 0 aromatic carbocycles. The van der Waals surface area contributed by atoms with Gasteiger partial charge in [-0.25, -0.2) is 13.1 Å². The highest BCUT2D eigenvalue weighted by atomic mass is 32.2. The number of hydrogen-bond donors (Lipinski definition) is 3. The van der Waals surface area contributed by atoms with Gasteiger partial charge in [-0.3, -0.25) is 0 Å². The molecule has 1 atom stereocenters. The average Bonchev–Trinajstić information content (AvgIpc) is 2.85. The van der Waals surface area contributed by atoms with E-state index in [1.165, 1.54) is 0 Å². The van der Waals surface area contributed by atoms with Crippen LogP contribution < -0.4 is 10.0 Å². The summed E-state index contributed by atoms with van der Waals surface area (Å²) < 4.78 is 27.2. The van der Waals surface area contributed by atoms with Crippen LogP contribution >= 0.6 is 0 Å². The van der Waals surface area contributed by atoms with E-state index < -0.39 is 10.0 Å². The lowest BCUT2D eigenvalue weighted by Gasteiger charge is -2.13. The van der Waals surface area contributed by atoms with Crippen molar-refractivity contribution in [1.29, 1.82) is 0 Å². The van der Waals surface area contributed by atoms with Crippen molar-refractivity contribution >= 4 is 10.0 Å². The lowest BCUT2D eigenvalue weighted by Crippen LogP contribution is -2.32. The molecule has 3 N–H and O–H groups in total. The third-order valence-corrected chi connectivity index (χ3v) is 4.76. The van der Waals surface area contributed by atoms with Crippen LogP contribution in [0.3, 0.4) is 0 Å². The number of sulfonamides is 1. The molecule has 0 fully saturated rings. The van der Waals surface area contributed by atoms with Crippen molar-refractivity contribution in [2.45, 2.75) is 63.9 Å². The van der Waals surface area contributed by atoms with E-state index in [2.05, 4.69) is 21.9 Å². The lowest BCUT2D eigenvalue weighted by atomic mass is 10.1. The minimum atomic E-state index is -3.41. The topological polar surface area (TPSA) is 74.0 Å². The second-order valence-electron chi connectivity index (χ2n) is 5.16. The van der Waals surface area contributed by atoms with Crippen LogP contribution in [-0.2, 0) is 16.6 Å². The number of unbranched alkanes of at least 4 members (excludes halogenated alkanes) is 2. The molecule has 1 aromatic rings. The maximum absolute atomic E-state index is 12.2. The van der Waals surface area contributed by atoms with Gasteiger partial charge in [-0.05, 0) is 26.0 Å². The van der Waals surface area contributed by atoms with Gasteiger partial charge in [0.05, 0.1) is 4.90 Å². The fourth-order valence-electron chi connectivity index (χ4n) is 2.03. The van der Waals surface area contributed by atoms with Crippen LogP contribution in [0.1, 0.15) is 52.1 Å². The van der Waals surface area contributed by atoms with Gasteiger partial charge in [-0.2, -0.15) is 0 Å². The molecule has 0 spiro atoms. The normalized spacial score (nSPS) is 13.6. The molecule has 0 aliphatic carbocycles. The number of H-pyrrole nitrogens is 1. The largest absolute Gasteiger partial charge is 0.363 e. The molecule has 0 bridgehead atoms. The molecule has 0 aliphatic rings. The van der Waals surface area contributed by atoms with Crippen molar-refractivity contribution in [2.75, 3.05) is 6.54 Å². The third-order valence-electron chi connectivity index (χ3n) is 3.19. The SMILES string of the molecule is CCCCCC(C)NS(=O)(=O)c1c[nH]c(CNCC)c1. The van der Waals surface area contributed by atoms with Crippen LogP contribution in [0.4, 0.5) is 0 Å². The first kappa shape index (κ1) is 17.2. The van der Waals surface area contributed by atoms with Crippen molar-refractivity contribution < 1.29 is 8.42 Å². The van der Waals surface area contributed by atoms with Crippen molar-refractivity contribution in [3.05, 3.63) is 18.0 Å². The first-order valence-electron chi connectivity index (χ1n) is 7.40. The predicted molar refractivity (Wildman–Crippen MR) is 82.1 cm³/mol. The summed E-state index contributed by atoms with van der Waals surface area (Å²) in [5.74, 6) is 0. The zero-order valence-electron chi connectivity index (χ0n) is 12.7. The first-order valence-corrected chi connectivity index (χ1v) is 8.88. The highest BCUT2D eigenvalue weighted by Crippen LogP contribution is 2.12. The third kappa shape index (κ3) is 5.64. The summed E-state index contributed by atoms with van der Waals surface area (Å²) in [6.45, 7) is 7.58. The highest BCUT2D eigenvalue weighted by Gasteiger charge is 2.18. The Kier molecular flexibility index (Phi) is 7.26. The Hall–Kier alpha value is -0.850. The van der Waals surface area contributed by atoms with Crippen LogP contribution in [0, 0.1) is 0 Å². The van der Waals surface area contributed by atoms with E-state index in [0.29, 0.717) is 11.4 Å². The summed E-state index contributed by atoms with van der Waals surface area (Å²) in [5, 5.41) is 3.16. The molecule has 1 heterocycles. The summed E-state index contributed by atoms with van der Waals surface area (Å²) >= 11 is 0. The summed E-state index contributed by atoms with van der Waals surface area (Å²) in [6.07, 6.45) is 5.77. The molecule has 0 radical (unpaired) electrons. The number of rotatable bonds is 10. The highest BCUT2D eigenvalue weighted by molar-refractivity contribution is 7.89. The van der Waals surface area contributed by atoms with Gasteiger partial charge in [0.25, 0.3) is 0 Å². The molecule has 1 rings (SSSR count). The molecule has 20 heavy (non-hydrogen) atoms. The fourth-order valence-corrected chi connectivity index (χ4v) is 3.32. The van der Waals surface area contributed by atoms with Gasteiger partial charge < -0.3 is 10.3 Å². The van der Waals surface area contributed by atoms with Crippen molar-refractivity contribution in [1.82, 2.24) is 15.0 Å². The van der Waals surface area contributed by atoms with E-state index in [1.54, 1.807) is 12.3 Å². The zero-order valence-corrected chi connectivity index (χ0v) is 13.5. The molecule has 5 nitrogen and oxygen atoms in total. The molecule has 0 saturated heterocycles. The summed E-state index contributed by atoms with van der Waals surface area (Å²) in [4.78, 5) is 3.30. The van der Waals surface area contributed by atoms with E-state index in [9.17, 15) is 8.42 Å². The number of nitrogens with one attached hydrogen (secondary N) is 3. The molecule has 1 unspecified atom stereocenters. The molecular formula is C14H27N3O2S. The van der Waals surface area contributed by atoms with E-state index in [1.807, 2.05) is 13.8 Å². The van der Waals surface area contributed by atoms with Crippen LogP contribution in [0.25, 0.3) is 0 Å². The summed E-state index contributed by atoms with van der Waals surface area (Å²) in [6, 6.07) is 1.66. The Labute approximate surface area is 122 Å². The maximum atomic E-state index is 12.2. The van der Waals surface area contributed by atoms with E-state index in [0.717, 1.165) is 37.9 Å². The lowest BCUT2D eigenvalue weighted by molar-refractivity contribution is 0.527. The summed E-state index contributed by atoms with van der Waals surface area (Å²) in [7, 11) is -3.41. The van der Waals surface area contributed by atoms with Crippen LogP contribution in [0.15, 0.2) is 17.2 Å². The van der Waals surface area contributed by atoms with Gasteiger partial charge in [-0.15, -0.1) is 0 Å². The second kappa shape index (κ2) is 8.44. The standard InChI is InChI=1S/C14H27N3O2S/c1-4-6-7-8-12(3)17-20(18,19)14-9-13(16-11-14)10-15-5-2/h9,11-12,15-17H,4-8,10H2,1-3H3. The quantitative estimate of drug-likeness (QED) is 0.581. The van der Waals surface area contributed by atoms with Crippen molar-refractivity contribution in [3.8, 4) is 0 Å². The Balaban J connectivity index is 2.57. The van der Waals surface area contributed by atoms with Crippen molar-refractivity contribution in [3.63, 3.8) is 0 Å². The second-order valence-corrected chi connectivity index (χ2v) is 6.87. The molecule has 0 saturated carbocycles. The van der Waals surface area contributed by atoms with Gasteiger partial charge in [-0.1, -0.05) is 33.1 Å². The van der Waals surface area contributed by atoms with Gasteiger partial charge in [0.15, 0.2) is 0 Å². The average molecular weight is 301 g/mol. The van der Waals surface area contributed by atoms with Crippen LogP contribution in [-0.4, -0.2) is 26.0 Å². The fraction of sp³-hybridized carbons (Fsp3) is 0.714. The van der Waals surface area contributed by atoms with Gasteiger partial charge in [0.2, 0.25) is 10.0 Å². The minimum absolute atomic E-state index is 0.0290. The Morgan fingerprint density at radius 1 is 1.30 bits per heavy atom. The summed E-state index contributed by atoms with van der Waals surface area (Å²) in [5.41, 5.74) is 0.880. The molecule has 6 heteroatoms. The van der Waals surface area contributed by atoms with E-state index in [-0.39, 0.29) is 6.04 Å². The Morgan fingerprint density at radius 2 is 2.05 bits per heavy atom. The molecular weight excluding hydrogens is 274 g/mol. The van der Waals surface area contributed by atoms with E-state index in [4.69, 9.17) is 0 Å². The van der Waals surface area contributed by atoms with Crippen LogP contribution in [0.5, 0.6) is 0 Å². The predicted octanol–water partition coefficient (Wildman–Crippen LogP) is 2.37. The number of hydrogen-bond acceptors (Lipinski definition) is 3. The minimum Gasteiger partial charge on any atom is -0.363 e. The smallest absolute Gasteiger partial charge is 0.242 e. The van der Waals surface area contributed by atoms with E-state index >= 15 is 0 Å². The molecule has 0 amide bonds. The zero-order chi connectivity index (χ0) is 15.0. The Morgan fingerprint density at radius 3 is 2.70 bits per heavy atom. The van der Waals surface area contributed by atoms with Crippen molar-refractivity contribution in [2.24, 2.45) is 0 Å². The monoisotopic (exact) mass is 301 g/mol. The van der Waals surface area contributed by atoms with Crippen LogP contribution in [0.2, 0.25) is 0 Å².